The van der Waals surface area contributed by atoms with Crippen molar-refractivity contribution in [2.75, 3.05) is 30.5 Å². The highest BCUT2D eigenvalue weighted by Crippen LogP contribution is 2.34. The molecule has 0 unspecified atom stereocenters. The van der Waals surface area contributed by atoms with Crippen molar-refractivity contribution in [1.29, 1.82) is 0 Å². The Balaban J connectivity index is 1.23. The SMILES string of the molecule is O=C(NCCNc1cc(-n2cccc2)ncn1)Nc1ccc2c(c1)OCO2. The summed E-state index contributed by atoms with van der Waals surface area (Å²) in [6.07, 6.45) is 5.32. The molecule has 0 atom stereocenters. The molecule has 1 aliphatic rings. The van der Waals surface area contributed by atoms with Crippen LogP contribution >= 0.6 is 0 Å². The van der Waals surface area contributed by atoms with E-state index in [4.69, 9.17) is 9.47 Å². The van der Waals surface area contributed by atoms with Gasteiger partial charge in [0.05, 0.1) is 0 Å². The molecule has 9 heteroatoms. The molecule has 3 heterocycles. The molecule has 4 rings (SSSR count). The fourth-order valence-electron chi connectivity index (χ4n) is 2.59. The Labute approximate surface area is 155 Å². The summed E-state index contributed by atoms with van der Waals surface area (Å²) in [5, 5.41) is 8.69. The number of fused-ring (bicyclic) bond motifs is 1. The van der Waals surface area contributed by atoms with Crippen molar-refractivity contribution in [2.24, 2.45) is 0 Å². The van der Waals surface area contributed by atoms with Gasteiger partial charge in [-0.05, 0) is 24.3 Å². The number of amides is 2. The first-order valence-electron chi connectivity index (χ1n) is 8.42. The van der Waals surface area contributed by atoms with Crippen LogP contribution in [0, 0.1) is 0 Å². The third kappa shape index (κ3) is 4.09. The second kappa shape index (κ2) is 7.65. The standard InChI is InChI=1S/C18H18N6O3/c25-18(23-13-3-4-14-15(9-13)27-12-26-14)20-6-5-19-16-10-17(22-11-21-16)24-7-1-2-8-24/h1-4,7-11H,5-6,12H2,(H,19,21,22)(H2,20,23,25). The van der Waals surface area contributed by atoms with E-state index in [2.05, 4.69) is 25.9 Å². The molecule has 9 nitrogen and oxygen atoms in total. The monoisotopic (exact) mass is 366 g/mol. The summed E-state index contributed by atoms with van der Waals surface area (Å²) >= 11 is 0. The first-order valence-corrected chi connectivity index (χ1v) is 8.42. The van der Waals surface area contributed by atoms with E-state index in [0.29, 0.717) is 36.1 Å². The van der Waals surface area contributed by atoms with E-state index in [9.17, 15) is 4.79 Å². The van der Waals surface area contributed by atoms with E-state index in [0.717, 1.165) is 5.82 Å². The summed E-state index contributed by atoms with van der Waals surface area (Å²) in [6, 6.07) is 10.6. The van der Waals surface area contributed by atoms with Crippen molar-refractivity contribution in [3.8, 4) is 17.3 Å². The van der Waals surface area contributed by atoms with Gasteiger partial charge in [0.2, 0.25) is 6.79 Å². The third-order valence-corrected chi connectivity index (χ3v) is 3.87. The van der Waals surface area contributed by atoms with Gasteiger partial charge in [-0.25, -0.2) is 14.8 Å². The molecule has 0 fully saturated rings. The number of ether oxygens (including phenoxy) is 2. The van der Waals surface area contributed by atoms with Crippen molar-refractivity contribution in [3.63, 3.8) is 0 Å². The predicted molar refractivity (Wildman–Crippen MR) is 99.4 cm³/mol. The zero-order valence-corrected chi connectivity index (χ0v) is 14.4. The lowest BCUT2D eigenvalue weighted by molar-refractivity contribution is 0.174. The summed E-state index contributed by atoms with van der Waals surface area (Å²) in [7, 11) is 0. The third-order valence-electron chi connectivity index (χ3n) is 3.87. The van der Waals surface area contributed by atoms with Crippen molar-refractivity contribution in [3.05, 3.63) is 55.1 Å². The number of rotatable bonds is 6. The topological polar surface area (TPSA) is 102 Å². The summed E-state index contributed by atoms with van der Waals surface area (Å²) in [5.41, 5.74) is 0.636. The Morgan fingerprint density at radius 2 is 1.93 bits per heavy atom. The van der Waals surface area contributed by atoms with E-state index >= 15 is 0 Å². The Morgan fingerprint density at radius 1 is 1.07 bits per heavy atom. The molecule has 138 valence electrons. The number of nitrogens with one attached hydrogen (secondary N) is 3. The van der Waals surface area contributed by atoms with Gasteiger partial charge in [-0.15, -0.1) is 0 Å². The molecule has 0 bridgehead atoms. The van der Waals surface area contributed by atoms with Crippen molar-refractivity contribution in [2.45, 2.75) is 0 Å². The quantitative estimate of drug-likeness (QED) is 0.578. The summed E-state index contributed by atoms with van der Waals surface area (Å²) in [5.74, 6) is 2.75. The van der Waals surface area contributed by atoms with Gasteiger partial charge < -0.3 is 30.0 Å². The summed E-state index contributed by atoms with van der Waals surface area (Å²) in [6.45, 7) is 1.15. The molecule has 0 radical (unpaired) electrons. The Morgan fingerprint density at radius 3 is 2.81 bits per heavy atom. The molecule has 0 saturated carbocycles. The smallest absolute Gasteiger partial charge is 0.319 e. The van der Waals surface area contributed by atoms with E-state index in [1.54, 1.807) is 18.2 Å². The maximum atomic E-state index is 12.0. The normalized spacial score (nSPS) is 11.9. The number of urea groups is 1. The highest BCUT2D eigenvalue weighted by atomic mass is 16.7. The van der Waals surface area contributed by atoms with Gasteiger partial charge in [-0.1, -0.05) is 0 Å². The summed E-state index contributed by atoms with van der Waals surface area (Å²) < 4.78 is 12.4. The number of carbonyl (C=O) groups excluding carboxylic acids is 1. The van der Waals surface area contributed by atoms with Crippen molar-refractivity contribution >= 4 is 17.5 Å². The minimum absolute atomic E-state index is 0.200. The molecular weight excluding hydrogens is 348 g/mol. The van der Waals surface area contributed by atoms with Crippen molar-refractivity contribution in [1.82, 2.24) is 19.9 Å². The molecule has 3 N–H and O–H groups in total. The van der Waals surface area contributed by atoms with Crippen molar-refractivity contribution < 1.29 is 14.3 Å². The van der Waals surface area contributed by atoms with Crippen LogP contribution in [0.25, 0.3) is 5.82 Å². The van der Waals surface area contributed by atoms with Crippen LogP contribution in [0.2, 0.25) is 0 Å². The fraction of sp³-hybridized carbons (Fsp3) is 0.167. The Kier molecular flexibility index (Phi) is 4.73. The molecular formula is C18H18N6O3. The van der Waals surface area contributed by atoms with Crippen LogP contribution in [0.1, 0.15) is 0 Å². The van der Waals surface area contributed by atoms with Gasteiger partial charge >= 0.3 is 6.03 Å². The van der Waals surface area contributed by atoms with Crippen LogP contribution in [-0.2, 0) is 0 Å². The van der Waals surface area contributed by atoms with Gasteiger partial charge in [0.15, 0.2) is 11.5 Å². The van der Waals surface area contributed by atoms with Crippen LogP contribution in [0.4, 0.5) is 16.3 Å². The zero-order chi connectivity index (χ0) is 18.5. The lowest BCUT2D eigenvalue weighted by Crippen LogP contribution is -2.32. The summed E-state index contributed by atoms with van der Waals surface area (Å²) in [4.78, 5) is 20.4. The van der Waals surface area contributed by atoms with Crippen LogP contribution in [0.5, 0.6) is 11.5 Å². The molecule has 0 saturated heterocycles. The molecule has 2 aromatic heterocycles. The predicted octanol–water partition coefficient (Wildman–Crippen LogP) is 2.23. The zero-order valence-electron chi connectivity index (χ0n) is 14.4. The first kappa shape index (κ1) is 16.7. The number of aromatic nitrogens is 3. The van der Waals surface area contributed by atoms with Gasteiger partial charge in [0.1, 0.15) is 18.0 Å². The maximum absolute atomic E-state index is 12.0. The molecule has 0 aliphatic carbocycles. The van der Waals surface area contributed by atoms with Crippen LogP contribution in [0.3, 0.4) is 0 Å². The number of hydrogen-bond donors (Lipinski definition) is 3. The van der Waals surface area contributed by atoms with Crippen LogP contribution < -0.4 is 25.4 Å². The fourth-order valence-corrected chi connectivity index (χ4v) is 2.59. The maximum Gasteiger partial charge on any atom is 0.319 e. The minimum atomic E-state index is -0.300. The Hall–Kier alpha value is -3.75. The van der Waals surface area contributed by atoms with Gasteiger partial charge in [0.25, 0.3) is 0 Å². The first-order chi connectivity index (χ1) is 13.3. The highest BCUT2D eigenvalue weighted by Gasteiger charge is 2.13. The average Bonchev–Trinajstić information content (AvgIpc) is 3.37. The lowest BCUT2D eigenvalue weighted by Gasteiger charge is -2.10. The number of nitrogens with zero attached hydrogens (tertiary/aromatic N) is 3. The van der Waals surface area contributed by atoms with Gasteiger partial charge in [0, 0.05) is 43.3 Å². The number of anilines is 2. The second-order valence-corrected chi connectivity index (χ2v) is 5.73. The van der Waals surface area contributed by atoms with E-state index < -0.39 is 0 Å². The van der Waals surface area contributed by atoms with Gasteiger partial charge in [-0.3, -0.25) is 0 Å². The number of carbonyl (C=O) groups is 1. The largest absolute Gasteiger partial charge is 0.454 e. The van der Waals surface area contributed by atoms with E-state index in [1.807, 2.05) is 35.2 Å². The van der Waals surface area contributed by atoms with Crippen LogP contribution in [0.15, 0.2) is 55.1 Å². The van der Waals surface area contributed by atoms with E-state index in [-0.39, 0.29) is 12.8 Å². The Bertz CT molecular complexity index is 929. The highest BCUT2D eigenvalue weighted by molar-refractivity contribution is 5.89. The molecule has 27 heavy (non-hydrogen) atoms. The molecule has 1 aromatic carbocycles. The molecule has 2 amide bonds. The number of benzene rings is 1. The lowest BCUT2D eigenvalue weighted by atomic mass is 10.3. The van der Waals surface area contributed by atoms with Crippen LogP contribution in [-0.4, -0.2) is 40.4 Å². The minimum Gasteiger partial charge on any atom is -0.454 e. The van der Waals surface area contributed by atoms with Gasteiger partial charge in [-0.2, -0.15) is 0 Å². The molecule has 0 spiro atoms. The number of hydrogen-bond acceptors (Lipinski definition) is 6. The van der Waals surface area contributed by atoms with E-state index in [1.165, 1.54) is 6.33 Å². The average molecular weight is 366 g/mol. The molecule has 3 aromatic rings. The second-order valence-electron chi connectivity index (χ2n) is 5.73. The molecule has 1 aliphatic heterocycles.